The minimum atomic E-state index is 0.824. The number of rotatable bonds is 7. The van der Waals surface area contributed by atoms with Gasteiger partial charge < -0.3 is 14.2 Å². The normalized spacial score (nSPS) is 19.8. The van der Waals surface area contributed by atoms with E-state index in [4.69, 9.17) is 4.74 Å². The first-order valence-corrected chi connectivity index (χ1v) is 10.8. The van der Waals surface area contributed by atoms with Crippen LogP contribution in [0.15, 0.2) is 30.5 Å². The number of likely N-dealkylation sites (tertiary alicyclic amines) is 1. The summed E-state index contributed by atoms with van der Waals surface area (Å²) >= 11 is 0. The van der Waals surface area contributed by atoms with Crippen molar-refractivity contribution >= 4 is 10.9 Å². The summed E-state index contributed by atoms with van der Waals surface area (Å²) in [6.45, 7) is 5.74. The largest absolute Gasteiger partial charge is 0.494 e. The van der Waals surface area contributed by atoms with E-state index < -0.39 is 0 Å². The molecule has 142 valence electrons. The molecule has 1 aliphatic carbocycles. The summed E-state index contributed by atoms with van der Waals surface area (Å²) in [6.07, 6.45) is 14.6. The summed E-state index contributed by atoms with van der Waals surface area (Å²) in [4.78, 5) is 2.58. The Morgan fingerprint density at radius 3 is 2.58 bits per heavy atom. The van der Waals surface area contributed by atoms with E-state index in [0.717, 1.165) is 24.7 Å². The van der Waals surface area contributed by atoms with Crippen LogP contribution in [0.5, 0.6) is 5.75 Å². The average molecular weight is 355 g/mol. The van der Waals surface area contributed by atoms with Gasteiger partial charge in [0.05, 0.1) is 6.61 Å². The monoisotopic (exact) mass is 354 g/mol. The third-order valence-corrected chi connectivity index (χ3v) is 6.26. The molecular formula is C23H34N2O. The van der Waals surface area contributed by atoms with Crippen molar-refractivity contribution in [2.24, 2.45) is 5.92 Å². The maximum atomic E-state index is 6.03. The predicted octanol–water partition coefficient (Wildman–Crippen LogP) is 5.48. The number of nitrogens with zero attached hydrogens (tertiary/aromatic N) is 2. The van der Waals surface area contributed by atoms with Crippen molar-refractivity contribution in [3.8, 4) is 5.75 Å². The van der Waals surface area contributed by atoms with Crippen LogP contribution >= 0.6 is 0 Å². The molecule has 2 heterocycles. The lowest BCUT2D eigenvalue weighted by Gasteiger charge is -2.26. The molecule has 2 fully saturated rings. The van der Waals surface area contributed by atoms with E-state index in [0.29, 0.717) is 0 Å². The predicted molar refractivity (Wildman–Crippen MR) is 109 cm³/mol. The molecule has 0 N–H and O–H groups in total. The van der Waals surface area contributed by atoms with Gasteiger partial charge in [-0.15, -0.1) is 0 Å². The molecule has 2 aromatic rings. The Hall–Kier alpha value is -1.48. The van der Waals surface area contributed by atoms with Crippen molar-refractivity contribution in [1.29, 1.82) is 0 Å². The van der Waals surface area contributed by atoms with Crippen molar-refractivity contribution in [3.05, 3.63) is 30.5 Å². The first-order valence-electron chi connectivity index (χ1n) is 10.8. The van der Waals surface area contributed by atoms with Gasteiger partial charge in [-0.25, -0.2) is 0 Å². The quantitative estimate of drug-likeness (QED) is 0.613. The van der Waals surface area contributed by atoms with Gasteiger partial charge in [0.2, 0.25) is 0 Å². The summed E-state index contributed by atoms with van der Waals surface area (Å²) in [5.74, 6) is 1.89. The second-order valence-electron chi connectivity index (χ2n) is 8.30. The van der Waals surface area contributed by atoms with Gasteiger partial charge in [0.1, 0.15) is 5.75 Å². The smallest absolute Gasteiger partial charge is 0.120 e. The molecule has 0 radical (unpaired) electrons. The van der Waals surface area contributed by atoms with Crippen LogP contribution < -0.4 is 4.74 Å². The van der Waals surface area contributed by atoms with Gasteiger partial charge in [0.15, 0.2) is 0 Å². The number of aromatic nitrogens is 1. The minimum absolute atomic E-state index is 0.824. The van der Waals surface area contributed by atoms with Crippen LogP contribution in [-0.2, 0) is 6.54 Å². The van der Waals surface area contributed by atoms with E-state index in [9.17, 15) is 0 Å². The lowest BCUT2D eigenvalue weighted by atomic mass is 9.89. The molecule has 2 aliphatic rings. The lowest BCUT2D eigenvalue weighted by molar-refractivity contribution is 0.205. The summed E-state index contributed by atoms with van der Waals surface area (Å²) in [7, 11) is 0. The molecule has 1 aliphatic heterocycles. The van der Waals surface area contributed by atoms with Crippen molar-refractivity contribution in [2.75, 3.05) is 26.2 Å². The topological polar surface area (TPSA) is 17.4 Å². The molecule has 0 spiro atoms. The maximum Gasteiger partial charge on any atom is 0.120 e. The second kappa shape index (κ2) is 8.94. The third kappa shape index (κ3) is 4.62. The van der Waals surface area contributed by atoms with Gasteiger partial charge in [-0.1, -0.05) is 25.7 Å². The van der Waals surface area contributed by atoms with E-state index in [-0.39, 0.29) is 0 Å². The van der Waals surface area contributed by atoms with E-state index in [1.165, 1.54) is 88.4 Å². The molecule has 4 rings (SSSR count). The summed E-state index contributed by atoms with van der Waals surface area (Å²) in [6, 6.07) is 8.87. The van der Waals surface area contributed by atoms with Crippen LogP contribution in [0.3, 0.4) is 0 Å². The SMILES string of the molecule is c1cc2c(ccn2CC2CCCCC2)cc1OCCCN1CCCCC1. The van der Waals surface area contributed by atoms with Crippen LogP contribution in [0.4, 0.5) is 0 Å². The molecule has 0 atom stereocenters. The zero-order valence-corrected chi connectivity index (χ0v) is 16.2. The molecule has 0 unspecified atom stereocenters. The number of fused-ring (bicyclic) bond motifs is 1. The fraction of sp³-hybridized carbons (Fsp3) is 0.652. The van der Waals surface area contributed by atoms with E-state index in [1.54, 1.807) is 0 Å². The highest BCUT2D eigenvalue weighted by Crippen LogP contribution is 2.28. The summed E-state index contributed by atoms with van der Waals surface area (Å²) in [5.41, 5.74) is 1.36. The molecule has 3 heteroatoms. The second-order valence-corrected chi connectivity index (χ2v) is 8.30. The number of ether oxygens (including phenoxy) is 1. The van der Waals surface area contributed by atoms with Crippen LogP contribution in [-0.4, -0.2) is 35.7 Å². The van der Waals surface area contributed by atoms with E-state index in [1.807, 2.05) is 0 Å². The maximum absolute atomic E-state index is 6.03. The Bertz CT molecular complexity index is 681. The molecule has 0 amide bonds. The first kappa shape index (κ1) is 17.9. The number of piperidine rings is 1. The van der Waals surface area contributed by atoms with Gasteiger partial charge >= 0.3 is 0 Å². The van der Waals surface area contributed by atoms with Gasteiger partial charge in [-0.3, -0.25) is 0 Å². The highest BCUT2D eigenvalue weighted by Gasteiger charge is 2.15. The fourth-order valence-corrected chi connectivity index (χ4v) is 4.74. The molecular weight excluding hydrogens is 320 g/mol. The molecule has 1 saturated carbocycles. The Morgan fingerprint density at radius 1 is 0.923 bits per heavy atom. The lowest BCUT2D eigenvalue weighted by Crippen LogP contribution is -2.31. The highest BCUT2D eigenvalue weighted by molar-refractivity contribution is 5.81. The standard InChI is InChI=1S/C23H34N2O/c1-3-8-20(9-4-1)19-25-16-12-21-18-22(10-11-23(21)25)26-17-7-15-24-13-5-2-6-14-24/h10-12,16,18,20H,1-9,13-15,17,19H2. The zero-order chi connectivity index (χ0) is 17.6. The van der Waals surface area contributed by atoms with Gasteiger partial charge in [-0.05, 0) is 75.4 Å². The Morgan fingerprint density at radius 2 is 1.73 bits per heavy atom. The molecule has 0 bridgehead atoms. The first-order chi connectivity index (χ1) is 12.9. The van der Waals surface area contributed by atoms with Crippen LogP contribution in [0.2, 0.25) is 0 Å². The van der Waals surface area contributed by atoms with Crippen molar-refractivity contribution < 1.29 is 4.74 Å². The molecule has 26 heavy (non-hydrogen) atoms. The van der Waals surface area contributed by atoms with E-state index in [2.05, 4.69) is 39.9 Å². The van der Waals surface area contributed by atoms with Crippen LogP contribution in [0, 0.1) is 5.92 Å². The zero-order valence-electron chi connectivity index (χ0n) is 16.2. The Labute approximate surface area is 158 Å². The summed E-state index contributed by atoms with van der Waals surface area (Å²) < 4.78 is 8.48. The van der Waals surface area contributed by atoms with E-state index >= 15 is 0 Å². The number of hydrogen-bond acceptors (Lipinski definition) is 2. The van der Waals surface area contributed by atoms with Crippen LogP contribution in [0.1, 0.15) is 57.8 Å². The molecule has 1 aromatic carbocycles. The number of hydrogen-bond donors (Lipinski definition) is 0. The minimum Gasteiger partial charge on any atom is -0.494 e. The molecule has 1 aromatic heterocycles. The van der Waals surface area contributed by atoms with Crippen molar-refractivity contribution in [1.82, 2.24) is 9.47 Å². The molecule has 3 nitrogen and oxygen atoms in total. The Balaban J connectivity index is 1.28. The van der Waals surface area contributed by atoms with Gasteiger partial charge in [0.25, 0.3) is 0 Å². The average Bonchev–Trinajstić information content (AvgIpc) is 3.09. The molecule has 1 saturated heterocycles. The van der Waals surface area contributed by atoms with Gasteiger partial charge in [0, 0.05) is 30.2 Å². The Kier molecular flexibility index (Phi) is 6.16. The third-order valence-electron chi connectivity index (χ3n) is 6.26. The van der Waals surface area contributed by atoms with Gasteiger partial charge in [-0.2, -0.15) is 0 Å². The highest BCUT2D eigenvalue weighted by atomic mass is 16.5. The fourth-order valence-electron chi connectivity index (χ4n) is 4.74. The summed E-state index contributed by atoms with van der Waals surface area (Å²) in [5, 5.41) is 1.31. The van der Waals surface area contributed by atoms with Crippen molar-refractivity contribution in [3.63, 3.8) is 0 Å². The van der Waals surface area contributed by atoms with Crippen LogP contribution in [0.25, 0.3) is 10.9 Å². The van der Waals surface area contributed by atoms with Crippen molar-refractivity contribution in [2.45, 2.75) is 64.3 Å². The number of benzene rings is 1.